The summed E-state index contributed by atoms with van der Waals surface area (Å²) in [6.45, 7) is 7.16. The smallest absolute Gasteiger partial charge is 0.227 e. The summed E-state index contributed by atoms with van der Waals surface area (Å²) in [5.74, 6) is 0.999. The van der Waals surface area contributed by atoms with Crippen LogP contribution < -0.4 is 19.7 Å². The summed E-state index contributed by atoms with van der Waals surface area (Å²) in [5, 5.41) is 14.7. The molecule has 1 atom stereocenters. The lowest BCUT2D eigenvalue weighted by molar-refractivity contribution is -0.0660. The van der Waals surface area contributed by atoms with Gasteiger partial charge in [0.15, 0.2) is 0 Å². The van der Waals surface area contributed by atoms with Crippen LogP contribution in [0.5, 0.6) is 11.5 Å². The third-order valence-electron chi connectivity index (χ3n) is 7.39. The van der Waals surface area contributed by atoms with Crippen molar-refractivity contribution in [3.8, 4) is 22.6 Å². The van der Waals surface area contributed by atoms with E-state index in [0.29, 0.717) is 46.4 Å². The zero-order chi connectivity index (χ0) is 29.1. The normalized spacial score (nSPS) is 16.6. The molecule has 1 unspecified atom stereocenters. The van der Waals surface area contributed by atoms with E-state index in [-0.39, 0.29) is 11.9 Å². The van der Waals surface area contributed by atoms with Gasteiger partial charge in [0.25, 0.3) is 0 Å². The molecule has 0 bridgehead atoms. The summed E-state index contributed by atoms with van der Waals surface area (Å²) in [5.41, 5.74) is 2.55. The van der Waals surface area contributed by atoms with E-state index >= 15 is 4.39 Å². The van der Waals surface area contributed by atoms with Crippen LogP contribution in [0.2, 0.25) is 5.02 Å². The van der Waals surface area contributed by atoms with Gasteiger partial charge in [0.1, 0.15) is 29.7 Å². The van der Waals surface area contributed by atoms with Gasteiger partial charge < -0.3 is 24.4 Å². The highest BCUT2D eigenvalue weighted by atomic mass is 35.5. The second-order valence-electron chi connectivity index (χ2n) is 10.2. The fourth-order valence-electron chi connectivity index (χ4n) is 5.03. The zero-order valence-electron chi connectivity index (χ0n) is 23.3. The lowest BCUT2D eigenvalue weighted by Gasteiger charge is -2.43. The van der Waals surface area contributed by atoms with Crippen molar-refractivity contribution in [2.24, 2.45) is 0 Å². The molecule has 12 nitrogen and oxygen atoms in total. The lowest BCUT2D eigenvalue weighted by Crippen LogP contribution is -2.56. The number of anilines is 3. The van der Waals surface area contributed by atoms with Gasteiger partial charge in [-0.3, -0.25) is 4.90 Å². The Bertz CT molecular complexity index is 1500. The third kappa shape index (κ3) is 6.22. The molecule has 0 aliphatic carbocycles. The third-order valence-corrected chi connectivity index (χ3v) is 7.70. The molecule has 2 aromatic carbocycles. The van der Waals surface area contributed by atoms with Gasteiger partial charge in [0.2, 0.25) is 5.95 Å². The first-order valence-corrected chi connectivity index (χ1v) is 14.1. The molecule has 42 heavy (non-hydrogen) atoms. The van der Waals surface area contributed by atoms with E-state index in [1.807, 2.05) is 19.1 Å². The highest BCUT2D eigenvalue weighted by Gasteiger charge is 2.30. The molecule has 2 saturated heterocycles. The minimum Gasteiger partial charge on any atom is -0.494 e. The van der Waals surface area contributed by atoms with Gasteiger partial charge in [-0.05, 0) is 35.0 Å². The maximum atomic E-state index is 15.3. The topological polar surface area (TPSA) is 116 Å². The molecular formula is C28H31ClFN9O3. The van der Waals surface area contributed by atoms with Crippen LogP contribution in [0.1, 0.15) is 6.92 Å². The van der Waals surface area contributed by atoms with Crippen molar-refractivity contribution < 1.29 is 18.6 Å². The molecule has 6 rings (SSSR count). The van der Waals surface area contributed by atoms with Crippen LogP contribution in [0.25, 0.3) is 11.1 Å². The largest absolute Gasteiger partial charge is 0.494 e. The molecule has 4 heterocycles. The first kappa shape index (κ1) is 28.1. The SMILES string of the molecule is COc1cc(N2CCN(C3COC3)CC2)c(F)cc1Nc1ncc(-c2ccc(Cl)c(OC(C)Cn3cnnn3)c2)cn1. The zero-order valence-corrected chi connectivity index (χ0v) is 24.0. The van der Waals surface area contributed by atoms with Crippen LogP contribution in [0.4, 0.5) is 21.7 Å². The van der Waals surface area contributed by atoms with Crippen molar-refractivity contribution in [3.63, 3.8) is 0 Å². The number of rotatable bonds is 10. The number of methoxy groups -OCH3 is 1. The van der Waals surface area contributed by atoms with Gasteiger partial charge >= 0.3 is 0 Å². The van der Waals surface area contributed by atoms with E-state index in [4.69, 9.17) is 25.8 Å². The Morgan fingerprint density at radius 3 is 2.52 bits per heavy atom. The van der Waals surface area contributed by atoms with E-state index in [1.54, 1.807) is 36.3 Å². The summed E-state index contributed by atoms with van der Waals surface area (Å²) in [4.78, 5) is 13.3. The molecule has 2 aromatic heterocycles. The first-order chi connectivity index (χ1) is 20.5. The number of aromatic nitrogens is 6. The van der Waals surface area contributed by atoms with Crippen LogP contribution in [-0.2, 0) is 11.3 Å². The highest BCUT2D eigenvalue weighted by Crippen LogP contribution is 2.35. The van der Waals surface area contributed by atoms with Crippen LogP contribution in [0.3, 0.4) is 0 Å². The number of tetrazole rings is 1. The molecule has 4 aromatic rings. The molecule has 0 amide bonds. The number of nitrogens with one attached hydrogen (secondary N) is 1. The molecule has 0 spiro atoms. The van der Waals surface area contributed by atoms with Crippen molar-refractivity contribution in [1.29, 1.82) is 0 Å². The standard InChI is InChI=1S/C28H31ClFN9O3/c1-18(14-39-17-33-35-36-39)42-26-9-19(3-4-22(26)29)20-12-31-28(32-13-20)34-24-10-23(30)25(11-27(24)40-2)38-7-5-37(6-8-38)21-15-41-16-21/h3-4,9-13,17-18,21H,5-8,14-16H2,1-2H3,(H,31,32,34). The fraction of sp³-hybridized carbons (Fsp3) is 0.393. The number of hydrogen-bond donors (Lipinski definition) is 1. The molecular weight excluding hydrogens is 565 g/mol. The van der Waals surface area contributed by atoms with Gasteiger partial charge in [0.05, 0.1) is 49.3 Å². The van der Waals surface area contributed by atoms with Crippen molar-refractivity contribution in [3.05, 3.63) is 59.9 Å². The Kier molecular flexibility index (Phi) is 8.31. The molecule has 1 N–H and O–H groups in total. The Balaban J connectivity index is 1.12. The average molecular weight is 596 g/mol. The summed E-state index contributed by atoms with van der Waals surface area (Å²) in [7, 11) is 1.56. The number of piperazine rings is 1. The van der Waals surface area contributed by atoms with Crippen LogP contribution in [0.15, 0.2) is 49.1 Å². The Hall–Kier alpha value is -4.07. The number of benzene rings is 2. The number of nitrogens with zero attached hydrogens (tertiary/aromatic N) is 8. The second kappa shape index (κ2) is 12.4. The van der Waals surface area contributed by atoms with E-state index in [0.717, 1.165) is 50.5 Å². The number of ether oxygens (including phenoxy) is 3. The molecule has 14 heteroatoms. The highest BCUT2D eigenvalue weighted by molar-refractivity contribution is 6.32. The summed E-state index contributed by atoms with van der Waals surface area (Å²) in [6.07, 6.45) is 4.66. The van der Waals surface area contributed by atoms with Crippen LogP contribution in [0, 0.1) is 5.82 Å². The van der Waals surface area contributed by atoms with E-state index in [1.165, 1.54) is 12.4 Å². The lowest BCUT2D eigenvalue weighted by atomic mass is 10.1. The summed E-state index contributed by atoms with van der Waals surface area (Å²) in [6, 6.07) is 9.10. The Labute approximate surface area is 247 Å². The minimum atomic E-state index is -0.335. The van der Waals surface area contributed by atoms with E-state index < -0.39 is 0 Å². The van der Waals surface area contributed by atoms with Crippen molar-refractivity contribution in [1.82, 2.24) is 35.1 Å². The summed E-state index contributed by atoms with van der Waals surface area (Å²) < 4.78 is 33.8. The Morgan fingerprint density at radius 2 is 1.86 bits per heavy atom. The summed E-state index contributed by atoms with van der Waals surface area (Å²) >= 11 is 6.39. The number of hydrogen-bond acceptors (Lipinski definition) is 11. The predicted molar refractivity (Wildman–Crippen MR) is 155 cm³/mol. The number of halogens is 2. The minimum absolute atomic E-state index is 0.224. The fourth-order valence-corrected chi connectivity index (χ4v) is 5.19. The quantitative estimate of drug-likeness (QED) is 0.289. The van der Waals surface area contributed by atoms with Gasteiger partial charge in [-0.1, -0.05) is 17.7 Å². The molecule has 2 fully saturated rings. The molecule has 0 saturated carbocycles. The van der Waals surface area contributed by atoms with Gasteiger partial charge in [0, 0.05) is 56.3 Å². The van der Waals surface area contributed by atoms with Crippen molar-refractivity contribution in [2.75, 3.05) is 56.7 Å². The molecule has 220 valence electrons. The second-order valence-corrected chi connectivity index (χ2v) is 10.7. The van der Waals surface area contributed by atoms with Crippen LogP contribution in [-0.4, -0.2) is 93.7 Å². The molecule has 0 radical (unpaired) electrons. The first-order valence-electron chi connectivity index (χ1n) is 13.7. The maximum absolute atomic E-state index is 15.3. The average Bonchev–Trinajstić information content (AvgIpc) is 3.47. The van der Waals surface area contributed by atoms with Gasteiger partial charge in [-0.15, -0.1) is 5.10 Å². The molecule has 2 aliphatic rings. The Morgan fingerprint density at radius 1 is 1.07 bits per heavy atom. The predicted octanol–water partition coefficient (Wildman–Crippen LogP) is 3.66. The monoisotopic (exact) mass is 595 g/mol. The van der Waals surface area contributed by atoms with Gasteiger partial charge in [-0.25, -0.2) is 19.0 Å². The maximum Gasteiger partial charge on any atom is 0.227 e. The van der Waals surface area contributed by atoms with Gasteiger partial charge in [-0.2, -0.15) is 0 Å². The van der Waals surface area contributed by atoms with Crippen LogP contribution >= 0.6 is 11.6 Å². The van der Waals surface area contributed by atoms with E-state index in [9.17, 15) is 0 Å². The molecule has 2 aliphatic heterocycles. The van der Waals surface area contributed by atoms with Crippen molar-refractivity contribution >= 4 is 28.9 Å². The van der Waals surface area contributed by atoms with Crippen molar-refractivity contribution in [2.45, 2.75) is 25.6 Å². The van der Waals surface area contributed by atoms with E-state index in [2.05, 4.69) is 40.6 Å².